The molecular formula is C48H50N10O5. The summed E-state index contributed by atoms with van der Waals surface area (Å²) in [7, 11) is 0. The van der Waals surface area contributed by atoms with Crippen LogP contribution in [0.15, 0.2) is 97.5 Å². The summed E-state index contributed by atoms with van der Waals surface area (Å²) >= 11 is 0. The molecule has 15 heteroatoms. The van der Waals surface area contributed by atoms with E-state index in [-0.39, 0.29) is 18.7 Å². The first-order valence-electron chi connectivity index (χ1n) is 21.7. The zero-order valence-electron chi connectivity index (χ0n) is 35.2. The summed E-state index contributed by atoms with van der Waals surface area (Å²) in [5.41, 5.74) is 7.34. The number of benzene rings is 3. The number of fused-ring (bicyclic) bond motifs is 1. The molecule has 15 nitrogen and oxygen atoms in total. The normalized spacial score (nSPS) is 19.5. The van der Waals surface area contributed by atoms with E-state index >= 15 is 0 Å². The summed E-state index contributed by atoms with van der Waals surface area (Å²) in [6.07, 6.45) is 9.69. The smallest absolute Gasteiger partial charge is 0.262 e. The number of imide groups is 2. The van der Waals surface area contributed by atoms with Gasteiger partial charge in [-0.05, 0) is 136 Å². The summed E-state index contributed by atoms with van der Waals surface area (Å²) in [5.74, 6) is -1.12. The zero-order valence-corrected chi connectivity index (χ0v) is 35.2. The van der Waals surface area contributed by atoms with Crippen LogP contribution in [0.4, 0.5) is 23.0 Å². The van der Waals surface area contributed by atoms with E-state index in [0.29, 0.717) is 40.3 Å². The molecule has 322 valence electrons. The van der Waals surface area contributed by atoms with E-state index in [1.165, 1.54) is 5.56 Å². The van der Waals surface area contributed by atoms with Gasteiger partial charge in [-0.25, -0.2) is 9.97 Å². The van der Waals surface area contributed by atoms with E-state index in [1.54, 1.807) is 30.7 Å². The minimum Gasteiger partial charge on any atom is -0.370 e. The van der Waals surface area contributed by atoms with E-state index in [9.17, 15) is 24.0 Å². The van der Waals surface area contributed by atoms with Crippen LogP contribution in [-0.4, -0.2) is 99.1 Å². The van der Waals surface area contributed by atoms with Crippen LogP contribution < -0.4 is 26.2 Å². The summed E-state index contributed by atoms with van der Waals surface area (Å²) in [6.45, 7) is 7.42. The van der Waals surface area contributed by atoms with Gasteiger partial charge < -0.3 is 20.9 Å². The fourth-order valence-corrected chi connectivity index (χ4v) is 8.99. The maximum atomic E-state index is 13.4. The van der Waals surface area contributed by atoms with Crippen LogP contribution in [0.5, 0.6) is 0 Å². The Kier molecular flexibility index (Phi) is 12.0. The van der Waals surface area contributed by atoms with Crippen LogP contribution in [0.3, 0.4) is 0 Å². The molecule has 4 aliphatic rings. The molecule has 5 aromatic rings. The topological polar surface area (TPSA) is 182 Å². The van der Waals surface area contributed by atoms with Gasteiger partial charge in [0.15, 0.2) is 0 Å². The Balaban J connectivity index is 0.721. The van der Waals surface area contributed by atoms with Crippen molar-refractivity contribution in [3.05, 3.63) is 125 Å². The first-order chi connectivity index (χ1) is 30.6. The monoisotopic (exact) mass is 846 g/mol. The number of likely N-dealkylation sites (tertiary alicyclic amines) is 1. The number of aryl methyl sites for hydroxylation is 1. The predicted octanol–water partition coefficient (Wildman–Crippen LogP) is 5.71. The van der Waals surface area contributed by atoms with Gasteiger partial charge in [0.2, 0.25) is 17.8 Å². The van der Waals surface area contributed by atoms with Gasteiger partial charge in [-0.2, -0.15) is 0 Å². The lowest BCUT2D eigenvalue weighted by Crippen LogP contribution is -2.54. The summed E-state index contributed by atoms with van der Waals surface area (Å²) in [4.78, 5) is 83.0. The van der Waals surface area contributed by atoms with Gasteiger partial charge in [-0.3, -0.25) is 44.1 Å². The molecule has 0 aliphatic carbocycles. The van der Waals surface area contributed by atoms with Crippen LogP contribution >= 0.6 is 0 Å². The second-order valence-corrected chi connectivity index (χ2v) is 16.9. The molecule has 4 N–H and O–H groups in total. The molecule has 4 aliphatic heterocycles. The van der Waals surface area contributed by atoms with Crippen molar-refractivity contribution in [1.82, 2.24) is 35.4 Å². The predicted molar refractivity (Wildman–Crippen MR) is 238 cm³/mol. The SMILES string of the molecule is Cc1ccc(NC(=O)c2ccc(CN3CCC(CN[C@@H]4CCCN(c5ccc6c(c5)C(=O)N(C5CCC(=O)NC5=O)C6=O)C4)CC3)cc2)cc1Nc1nccc(-c2cccnc2)n1. The number of rotatable bonds is 12. The third kappa shape index (κ3) is 9.34. The molecule has 0 saturated carbocycles. The van der Waals surface area contributed by atoms with Crippen molar-refractivity contribution in [3.8, 4) is 11.3 Å². The van der Waals surface area contributed by atoms with Crippen LogP contribution in [0.1, 0.15) is 80.7 Å². The Morgan fingerprint density at radius 3 is 2.48 bits per heavy atom. The molecule has 9 rings (SSSR count). The number of carbonyl (C=O) groups is 5. The van der Waals surface area contributed by atoms with Crippen molar-refractivity contribution in [2.75, 3.05) is 48.3 Å². The Hall–Kier alpha value is -6.84. The Labute approximate surface area is 365 Å². The fourth-order valence-electron chi connectivity index (χ4n) is 8.99. The van der Waals surface area contributed by atoms with Crippen molar-refractivity contribution < 1.29 is 24.0 Å². The highest BCUT2D eigenvalue weighted by Crippen LogP contribution is 2.32. The highest BCUT2D eigenvalue weighted by molar-refractivity contribution is 6.23. The first-order valence-corrected chi connectivity index (χ1v) is 21.7. The average molecular weight is 847 g/mol. The molecule has 3 fully saturated rings. The number of anilines is 4. The summed E-state index contributed by atoms with van der Waals surface area (Å²) < 4.78 is 0. The van der Waals surface area contributed by atoms with Gasteiger partial charge in [-0.1, -0.05) is 18.2 Å². The quantitative estimate of drug-likeness (QED) is 0.112. The van der Waals surface area contributed by atoms with E-state index in [2.05, 4.69) is 46.0 Å². The lowest BCUT2D eigenvalue weighted by molar-refractivity contribution is -0.136. The number of amides is 5. The highest BCUT2D eigenvalue weighted by Gasteiger charge is 2.45. The van der Waals surface area contributed by atoms with Crippen LogP contribution in [0.25, 0.3) is 11.3 Å². The van der Waals surface area contributed by atoms with E-state index in [0.717, 1.165) is 98.0 Å². The average Bonchev–Trinajstić information content (AvgIpc) is 3.55. The number of carbonyl (C=O) groups excluding carboxylic acids is 5. The maximum absolute atomic E-state index is 13.4. The van der Waals surface area contributed by atoms with Gasteiger partial charge in [0.25, 0.3) is 17.7 Å². The standard InChI is InChI=1S/C48H50N10O5/c1-30-6-11-35(24-41(30)54-48-50-20-16-40(53-48)34-4-2-19-49-27-34)52-44(60)33-9-7-32(8-10-33)28-56-22-17-31(18-23-56)26-51-36-5-3-21-57(29-36)37-12-13-38-39(25-37)47(63)58(46(38)62)42-14-15-43(59)55-45(42)61/h2,4,6-13,16,19-20,24-25,27,31,36,42,51H,3,5,14-15,17-18,21-23,26,28-29H2,1H3,(H,52,60)(H,50,53,54)(H,55,59,61)/t36-,42?/m1/s1. The third-order valence-corrected chi connectivity index (χ3v) is 12.6. The van der Waals surface area contributed by atoms with Gasteiger partial charge in [0.1, 0.15) is 6.04 Å². The number of nitrogens with zero attached hydrogens (tertiary/aromatic N) is 6. The molecule has 6 heterocycles. The second kappa shape index (κ2) is 18.2. The Morgan fingerprint density at radius 2 is 1.68 bits per heavy atom. The van der Waals surface area contributed by atoms with Crippen molar-refractivity contribution in [2.45, 2.75) is 64.1 Å². The zero-order chi connectivity index (χ0) is 43.5. The lowest BCUT2D eigenvalue weighted by atomic mass is 9.95. The molecular weight excluding hydrogens is 797 g/mol. The van der Waals surface area contributed by atoms with E-state index < -0.39 is 29.7 Å². The van der Waals surface area contributed by atoms with Gasteiger partial charge in [-0.15, -0.1) is 0 Å². The van der Waals surface area contributed by atoms with Crippen molar-refractivity contribution in [3.63, 3.8) is 0 Å². The van der Waals surface area contributed by atoms with Crippen LogP contribution in [0.2, 0.25) is 0 Å². The van der Waals surface area contributed by atoms with Crippen LogP contribution in [-0.2, 0) is 16.1 Å². The van der Waals surface area contributed by atoms with Gasteiger partial charge in [0, 0.05) is 78.9 Å². The van der Waals surface area contributed by atoms with Gasteiger partial charge in [0.05, 0.1) is 16.8 Å². The number of pyridine rings is 1. The lowest BCUT2D eigenvalue weighted by Gasteiger charge is -2.37. The molecule has 2 atom stereocenters. The highest BCUT2D eigenvalue weighted by atomic mass is 16.2. The maximum Gasteiger partial charge on any atom is 0.262 e. The summed E-state index contributed by atoms with van der Waals surface area (Å²) in [6, 6.07) is 23.9. The molecule has 0 spiro atoms. The van der Waals surface area contributed by atoms with E-state index in [4.69, 9.17) is 0 Å². The molecule has 2 aromatic heterocycles. The number of hydrogen-bond acceptors (Lipinski definition) is 12. The molecule has 0 radical (unpaired) electrons. The minimum atomic E-state index is -0.975. The number of aromatic nitrogens is 3. The fraction of sp³-hybridized carbons (Fsp3) is 0.333. The molecule has 0 bridgehead atoms. The molecule has 3 aromatic carbocycles. The minimum absolute atomic E-state index is 0.0915. The van der Waals surface area contributed by atoms with Crippen molar-refractivity contribution in [2.24, 2.45) is 5.92 Å². The number of nitrogens with one attached hydrogen (secondary N) is 4. The van der Waals surface area contributed by atoms with Crippen molar-refractivity contribution in [1.29, 1.82) is 0 Å². The molecule has 3 saturated heterocycles. The number of hydrogen-bond donors (Lipinski definition) is 4. The molecule has 5 amide bonds. The third-order valence-electron chi connectivity index (χ3n) is 12.6. The summed E-state index contributed by atoms with van der Waals surface area (Å²) in [5, 5.41) is 12.4. The second-order valence-electron chi connectivity index (χ2n) is 16.9. The van der Waals surface area contributed by atoms with Gasteiger partial charge >= 0.3 is 0 Å². The van der Waals surface area contributed by atoms with Crippen LogP contribution in [0, 0.1) is 12.8 Å². The molecule has 1 unspecified atom stereocenters. The largest absolute Gasteiger partial charge is 0.370 e. The Morgan fingerprint density at radius 1 is 0.857 bits per heavy atom. The van der Waals surface area contributed by atoms with Crippen molar-refractivity contribution >= 4 is 52.5 Å². The van der Waals surface area contributed by atoms with E-state index in [1.807, 2.05) is 73.7 Å². The number of piperidine rings is 3. The Bertz CT molecular complexity index is 2540. The molecule has 63 heavy (non-hydrogen) atoms. The first kappa shape index (κ1) is 41.5.